The molecule has 178 valence electrons. The average molecular weight is 469 g/mol. The Labute approximate surface area is 205 Å². The molecule has 0 unspecified atom stereocenters. The molecule has 0 fully saturated rings. The molecule has 0 bridgehead atoms. The van der Waals surface area contributed by atoms with Crippen LogP contribution in [0.15, 0.2) is 97.1 Å². The van der Waals surface area contributed by atoms with E-state index in [1.807, 2.05) is 76.2 Å². The fourth-order valence-corrected chi connectivity index (χ4v) is 3.25. The van der Waals surface area contributed by atoms with Gasteiger partial charge in [-0.15, -0.1) is 0 Å². The lowest BCUT2D eigenvalue weighted by Gasteiger charge is -2.31. The molecule has 4 aromatic rings. The van der Waals surface area contributed by atoms with Crippen LogP contribution in [0.2, 0.25) is 0 Å². The van der Waals surface area contributed by atoms with E-state index in [-0.39, 0.29) is 0 Å². The Morgan fingerprint density at radius 1 is 0.457 bits per heavy atom. The first-order valence-corrected chi connectivity index (χ1v) is 11.4. The molecule has 0 aromatic heterocycles. The number of carbonyl (C=O) groups is 1. The Balaban J connectivity index is 1.78. The van der Waals surface area contributed by atoms with E-state index in [0.717, 1.165) is 22.3 Å². The second-order valence-corrected chi connectivity index (χ2v) is 8.50. The van der Waals surface area contributed by atoms with Crippen molar-refractivity contribution < 1.29 is 23.7 Å². The largest absolute Gasteiger partial charge is 0.524 e. The first-order valence-electron chi connectivity index (χ1n) is 11.4. The molecule has 0 atom stereocenters. The van der Waals surface area contributed by atoms with Gasteiger partial charge in [-0.2, -0.15) is 0 Å². The summed E-state index contributed by atoms with van der Waals surface area (Å²) in [5, 5.41) is 0. The summed E-state index contributed by atoms with van der Waals surface area (Å²) in [5.41, 5.74) is 4.18. The summed E-state index contributed by atoms with van der Waals surface area (Å²) < 4.78 is 24.2. The molecular weight excluding hydrogens is 440 g/mol. The molecule has 0 aliphatic carbocycles. The lowest BCUT2D eigenvalue weighted by molar-refractivity contribution is -0.253. The van der Waals surface area contributed by atoms with E-state index in [1.165, 1.54) is 0 Å². The highest BCUT2D eigenvalue weighted by Gasteiger charge is 2.51. The third kappa shape index (κ3) is 6.21. The molecule has 0 aliphatic heterocycles. The van der Waals surface area contributed by atoms with Gasteiger partial charge in [-0.3, -0.25) is 0 Å². The van der Waals surface area contributed by atoms with Crippen LogP contribution in [0, 0.1) is 27.7 Å². The third-order valence-corrected chi connectivity index (χ3v) is 5.30. The zero-order valence-electron chi connectivity index (χ0n) is 20.3. The summed E-state index contributed by atoms with van der Waals surface area (Å²) in [6.45, 7) is 7.86. The van der Waals surface area contributed by atoms with Crippen molar-refractivity contribution in [3.8, 4) is 23.0 Å². The minimum absolute atomic E-state index is 0.345. The van der Waals surface area contributed by atoms with Gasteiger partial charge in [0.2, 0.25) is 0 Å². The van der Waals surface area contributed by atoms with Gasteiger partial charge in [0.25, 0.3) is 0 Å². The van der Waals surface area contributed by atoms with Gasteiger partial charge in [-0.05, 0) is 76.2 Å². The Kier molecular flexibility index (Phi) is 7.06. The number of benzene rings is 4. The molecule has 0 saturated carbocycles. The van der Waals surface area contributed by atoms with Gasteiger partial charge >= 0.3 is 11.9 Å². The molecule has 0 heterocycles. The van der Waals surface area contributed by atoms with Crippen molar-refractivity contribution in [2.45, 2.75) is 33.7 Å². The van der Waals surface area contributed by atoms with Gasteiger partial charge in [-0.1, -0.05) is 70.8 Å². The summed E-state index contributed by atoms with van der Waals surface area (Å²) in [5.74, 6) is -1.62. The standard InChI is InChI=1S/C30H28O5/c1-21-5-13-25(14-6-21)32-29(31)30(33-26-15-7-22(2)8-16-26,34-27-17-9-23(3)10-18-27)35-28-19-11-24(4)12-20-28/h5-20H,1-4H3. The number of ether oxygens (including phenoxy) is 4. The van der Waals surface area contributed by atoms with E-state index < -0.39 is 11.9 Å². The predicted octanol–water partition coefficient (Wildman–Crippen LogP) is 6.72. The van der Waals surface area contributed by atoms with Gasteiger partial charge in [0.1, 0.15) is 23.0 Å². The summed E-state index contributed by atoms with van der Waals surface area (Å²) in [6.07, 6.45) is 0. The van der Waals surface area contributed by atoms with Crippen LogP contribution in [0.1, 0.15) is 22.3 Å². The smallest absolute Gasteiger partial charge is 0.418 e. The van der Waals surface area contributed by atoms with Gasteiger partial charge < -0.3 is 18.9 Å². The Morgan fingerprint density at radius 2 is 0.714 bits per heavy atom. The second kappa shape index (κ2) is 10.3. The molecule has 4 rings (SSSR count). The minimum atomic E-state index is -2.26. The van der Waals surface area contributed by atoms with Crippen molar-refractivity contribution in [2.24, 2.45) is 0 Å². The molecule has 0 spiro atoms. The predicted molar refractivity (Wildman–Crippen MR) is 135 cm³/mol. The summed E-state index contributed by atoms with van der Waals surface area (Å²) >= 11 is 0. The molecule has 5 heteroatoms. The maximum atomic E-state index is 13.7. The van der Waals surface area contributed by atoms with E-state index in [1.54, 1.807) is 48.5 Å². The first kappa shape index (κ1) is 23.9. The lowest BCUT2D eigenvalue weighted by Crippen LogP contribution is -2.57. The minimum Gasteiger partial charge on any atom is -0.418 e. The number of esters is 1. The van der Waals surface area contributed by atoms with Crippen LogP contribution in [-0.4, -0.2) is 11.9 Å². The topological polar surface area (TPSA) is 54.0 Å². The van der Waals surface area contributed by atoms with Crippen LogP contribution in [0.4, 0.5) is 0 Å². The Bertz CT molecular complexity index is 1140. The van der Waals surface area contributed by atoms with Crippen LogP contribution in [-0.2, 0) is 4.79 Å². The Morgan fingerprint density at radius 3 is 1.00 bits per heavy atom. The maximum Gasteiger partial charge on any atom is 0.524 e. The fourth-order valence-electron chi connectivity index (χ4n) is 3.25. The van der Waals surface area contributed by atoms with E-state index in [9.17, 15) is 4.79 Å². The second-order valence-electron chi connectivity index (χ2n) is 8.50. The van der Waals surface area contributed by atoms with E-state index in [0.29, 0.717) is 23.0 Å². The molecule has 0 radical (unpaired) electrons. The van der Waals surface area contributed by atoms with Gasteiger partial charge in [0.15, 0.2) is 0 Å². The van der Waals surface area contributed by atoms with Gasteiger partial charge in [0, 0.05) is 0 Å². The molecule has 35 heavy (non-hydrogen) atoms. The SMILES string of the molecule is Cc1ccc(OC(=O)C(Oc2ccc(C)cc2)(Oc2ccc(C)cc2)Oc2ccc(C)cc2)cc1. The Hall–Kier alpha value is -4.25. The number of hydrogen-bond acceptors (Lipinski definition) is 5. The van der Waals surface area contributed by atoms with Crippen molar-refractivity contribution in [2.75, 3.05) is 0 Å². The summed E-state index contributed by atoms with van der Waals surface area (Å²) in [7, 11) is 0. The molecule has 0 amide bonds. The molecule has 4 aromatic carbocycles. The number of carbonyl (C=O) groups excluding carboxylic acids is 1. The van der Waals surface area contributed by atoms with E-state index >= 15 is 0 Å². The van der Waals surface area contributed by atoms with Crippen LogP contribution >= 0.6 is 0 Å². The summed E-state index contributed by atoms with van der Waals surface area (Å²) in [6, 6.07) is 28.9. The van der Waals surface area contributed by atoms with Gasteiger partial charge in [0.05, 0.1) is 0 Å². The highest BCUT2D eigenvalue weighted by atomic mass is 16.9. The average Bonchev–Trinajstić information content (AvgIpc) is 2.85. The number of hydrogen-bond donors (Lipinski definition) is 0. The number of rotatable bonds is 8. The van der Waals surface area contributed by atoms with Crippen LogP contribution in [0.5, 0.6) is 23.0 Å². The first-order chi connectivity index (χ1) is 16.8. The monoisotopic (exact) mass is 468 g/mol. The van der Waals surface area contributed by atoms with E-state index in [4.69, 9.17) is 18.9 Å². The zero-order chi connectivity index (χ0) is 24.8. The molecule has 0 aliphatic rings. The lowest BCUT2D eigenvalue weighted by atomic mass is 10.2. The third-order valence-electron chi connectivity index (χ3n) is 5.30. The van der Waals surface area contributed by atoms with Crippen LogP contribution in [0.25, 0.3) is 0 Å². The van der Waals surface area contributed by atoms with Gasteiger partial charge in [-0.25, -0.2) is 4.79 Å². The fraction of sp³-hybridized carbons (Fsp3) is 0.167. The highest BCUT2D eigenvalue weighted by Crippen LogP contribution is 2.29. The normalized spacial score (nSPS) is 11.0. The zero-order valence-corrected chi connectivity index (χ0v) is 20.3. The molecule has 5 nitrogen and oxygen atoms in total. The number of aryl methyl sites for hydroxylation is 4. The molecule has 0 N–H and O–H groups in total. The summed E-state index contributed by atoms with van der Waals surface area (Å²) in [4.78, 5) is 13.7. The van der Waals surface area contributed by atoms with Crippen molar-refractivity contribution >= 4 is 5.97 Å². The van der Waals surface area contributed by atoms with Crippen molar-refractivity contribution in [3.63, 3.8) is 0 Å². The quantitative estimate of drug-likeness (QED) is 0.163. The van der Waals surface area contributed by atoms with Crippen LogP contribution in [0.3, 0.4) is 0 Å². The van der Waals surface area contributed by atoms with Crippen molar-refractivity contribution in [3.05, 3.63) is 119 Å². The highest BCUT2D eigenvalue weighted by molar-refractivity contribution is 5.80. The maximum absolute atomic E-state index is 13.7. The molecule has 0 saturated heterocycles. The van der Waals surface area contributed by atoms with Crippen molar-refractivity contribution in [1.29, 1.82) is 0 Å². The van der Waals surface area contributed by atoms with Crippen molar-refractivity contribution in [1.82, 2.24) is 0 Å². The molecular formula is C30H28O5. The van der Waals surface area contributed by atoms with Crippen LogP contribution < -0.4 is 18.9 Å². The van der Waals surface area contributed by atoms with E-state index in [2.05, 4.69) is 0 Å².